The molecular formula is C21H22F5N7O3. The van der Waals surface area contributed by atoms with E-state index in [1.165, 1.54) is 10.8 Å². The number of carbonyl (C=O) groups is 1. The summed E-state index contributed by atoms with van der Waals surface area (Å²) in [6, 6.07) is 5.55. The third-order valence-corrected chi connectivity index (χ3v) is 4.67. The van der Waals surface area contributed by atoms with Gasteiger partial charge in [0.2, 0.25) is 0 Å². The fraction of sp³-hybridized carbons (Fsp3) is 0.286. The highest BCUT2D eigenvalue weighted by molar-refractivity contribution is 5.73. The summed E-state index contributed by atoms with van der Waals surface area (Å²) in [7, 11) is 3.81. The molecule has 10 nitrogen and oxygen atoms in total. The molecule has 3 aromatic rings. The summed E-state index contributed by atoms with van der Waals surface area (Å²) in [6.45, 7) is 1.53. The summed E-state index contributed by atoms with van der Waals surface area (Å²) in [4.78, 5) is 31.8. The minimum Gasteiger partial charge on any atom is -0.475 e. The summed E-state index contributed by atoms with van der Waals surface area (Å²) in [6.07, 6.45) is -3.97. The normalized spacial score (nSPS) is 10.9. The van der Waals surface area contributed by atoms with Crippen LogP contribution in [0.2, 0.25) is 0 Å². The average Bonchev–Trinajstić information content (AvgIpc) is 3.16. The van der Waals surface area contributed by atoms with Gasteiger partial charge in [0.15, 0.2) is 0 Å². The summed E-state index contributed by atoms with van der Waals surface area (Å²) in [5.41, 5.74) is 7.31. The Morgan fingerprint density at radius 2 is 1.83 bits per heavy atom. The van der Waals surface area contributed by atoms with Crippen molar-refractivity contribution in [1.82, 2.24) is 24.7 Å². The van der Waals surface area contributed by atoms with E-state index in [4.69, 9.17) is 15.6 Å². The number of alkyl halides is 3. The van der Waals surface area contributed by atoms with Crippen LogP contribution in [0.4, 0.5) is 27.8 Å². The fourth-order valence-electron chi connectivity index (χ4n) is 2.90. The smallest absolute Gasteiger partial charge is 0.475 e. The molecule has 194 valence electrons. The van der Waals surface area contributed by atoms with Gasteiger partial charge < -0.3 is 15.7 Å². The first kappa shape index (κ1) is 28.1. The van der Waals surface area contributed by atoms with E-state index in [1.807, 2.05) is 38.1 Å². The molecule has 0 aliphatic heterocycles. The first-order chi connectivity index (χ1) is 16.8. The number of aromatic amines is 1. The first-order valence-corrected chi connectivity index (χ1v) is 10.1. The van der Waals surface area contributed by atoms with E-state index in [2.05, 4.69) is 20.2 Å². The summed E-state index contributed by atoms with van der Waals surface area (Å²) in [5.74, 6) is -1.80. The number of hydrogen-bond donors (Lipinski definition) is 3. The second-order valence-corrected chi connectivity index (χ2v) is 7.49. The van der Waals surface area contributed by atoms with Crippen molar-refractivity contribution >= 4 is 11.8 Å². The number of H-pyrrole nitrogens is 1. The predicted octanol–water partition coefficient (Wildman–Crippen LogP) is 2.68. The maximum absolute atomic E-state index is 13.0. The molecule has 0 bridgehead atoms. The largest absolute Gasteiger partial charge is 0.490 e. The zero-order valence-corrected chi connectivity index (χ0v) is 19.3. The van der Waals surface area contributed by atoms with E-state index in [0.29, 0.717) is 11.4 Å². The second-order valence-electron chi connectivity index (χ2n) is 7.49. The Bertz CT molecular complexity index is 1290. The minimum absolute atomic E-state index is 0.134. The van der Waals surface area contributed by atoms with Crippen molar-refractivity contribution in [2.75, 3.05) is 25.5 Å². The van der Waals surface area contributed by atoms with Gasteiger partial charge in [0.05, 0.1) is 17.6 Å². The molecule has 15 heteroatoms. The Balaban J connectivity index is 0.000000572. The predicted molar refractivity (Wildman–Crippen MR) is 120 cm³/mol. The van der Waals surface area contributed by atoms with Gasteiger partial charge in [-0.1, -0.05) is 0 Å². The molecule has 0 saturated carbocycles. The number of carboxylic acids is 1. The lowest BCUT2D eigenvalue weighted by molar-refractivity contribution is -0.192. The minimum atomic E-state index is -5.08. The van der Waals surface area contributed by atoms with Gasteiger partial charge in [0.25, 0.3) is 6.08 Å². The fourth-order valence-corrected chi connectivity index (χ4v) is 2.90. The number of aliphatic carboxylic acids is 1. The van der Waals surface area contributed by atoms with Gasteiger partial charge in [0.1, 0.15) is 11.6 Å². The lowest BCUT2D eigenvalue weighted by atomic mass is 10.1. The molecule has 3 rings (SSSR count). The molecule has 0 aromatic carbocycles. The molecule has 0 atom stereocenters. The summed E-state index contributed by atoms with van der Waals surface area (Å²) >= 11 is 0. The summed E-state index contributed by atoms with van der Waals surface area (Å²) in [5, 5.41) is 13.3. The number of hydrogen-bond acceptors (Lipinski definition) is 7. The molecule has 0 amide bonds. The van der Waals surface area contributed by atoms with E-state index in [-0.39, 0.29) is 24.4 Å². The highest BCUT2D eigenvalue weighted by Gasteiger charge is 2.38. The molecule has 3 heterocycles. The van der Waals surface area contributed by atoms with Crippen LogP contribution in [0.15, 0.2) is 47.0 Å². The number of rotatable bonds is 6. The number of anilines is 1. The Hall–Kier alpha value is -4.14. The molecule has 4 N–H and O–H groups in total. The van der Waals surface area contributed by atoms with E-state index in [9.17, 15) is 26.7 Å². The van der Waals surface area contributed by atoms with Crippen LogP contribution in [0.3, 0.4) is 0 Å². The highest BCUT2D eigenvalue weighted by Crippen LogP contribution is 2.24. The van der Waals surface area contributed by atoms with E-state index in [1.54, 1.807) is 12.3 Å². The van der Waals surface area contributed by atoms with E-state index >= 15 is 0 Å². The van der Waals surface area contributed by atoms with Crippen molar-refractivity contribution in [2.45, 2.75) is 19.5 Å². The van der Waals surface area contributed by atoms with Crippen LogP contribution in [0.5, 0.6) is 0 Å². The number of carboxylic acid groups (broad SMARTS) is 1. The molecule has 0 fully saturated rings. The second kappa shape index (κ2) is 11.5. The maximum atomic E-state index is 13.0. The van der Waals surface area contributed by atoms with Gasteiger partial charge in [-0.05, 0) is 30.7 Å². The Morgan fingerprint density at radius 3 is 2.28 bits per heavy atom. The van der Waals surface area contributed by atoms with Gasteiger partial charge in [-0.2, -0.15) is 27.1 Å². The Kier molecular flexibility index (Phi) is 9.00. The number of nitrogens with two attached hydrogens (primary N) is 1. The van der Waals surface area contributed by atoms with Gasteiger partial charge in [-0.3, -0.25) is 4.98 Å². The first-order valence-electron chi connectivity index (χ1n) is 10.1. The average molecular weight is 515 g/mol. The monoisotopic (exact) mass is 515 g/mol. The van der Waals surface area contributed by atoms with Gasteiger partial charge in [0, 0.05) is 44.4 Å². The van der Waals surface area contributed by atoms with Crippen molar-refractivity contribution in [1.29, 1.82) is 0 Å². The number of aryl methyl sites for hydroxylation is 1. The van der Waals surface area contributed by atoms with Crippen LogP contribution >= 0.6 is 0 Å². The van der Waals surface area contributed by atoms with Gasteiger partial charge >= 0.3 is 17.8 Å². The van der Waals surface area contributed by atoms with Crippen molar-refractivity contribution < 1.29 is 31.9 Å². The molecule has 3 aromatic heterocycles. The number of nitrogens with zero attached hydrogens (tertiary/aromatic N) is 5. The quantitative estimate of drug-likeness (QED) is 0.426. The van der Waals surface area contributed by atoms with Crippen molar-refractivity contribution in [3.63, 3.8) is 0 Å². The molecule has 0 aliphatic rings. The SMILES string of the molecule is Cc1cc(-n2c(CC(CN)=C(F)F)n[nH]c2=O)cnc1-c1ccc(N(C)C)nc1.O=C(O)C(F)(F)F. The molecule has 0 aliphatic carbocycles. The van der Waals surface area contributed by atoms with Crippen molar-refractivity contribution in [3.05, 3.63) is 64.1 Å². The highest BCUT2D eigenvalue weighted by atomic mass is 19.4. The van der Waals surface area contributed by atoms with Crippen LogP contribution in [0, 0.1) is 6.92 Å². The number of aromatic nitrogens is 5. The number of nitrogens with one attached hydrogen (secondary N) is 1. The van der Waals surface area contributed by atoms with Crippen LogP contribution in [0.25, 0.3) is 16.9 Å². The van der Waals surface area contributed by atoms with Gasteiger partial charge in [-0.15, -0.1) is 0 Å². The third kappa shape index (κ3) is 6.94. The maximum Gasteiger partial charge on any atom is 0.490 e. The van der Waals surface area contributed by atoms with Crippen LogP contribution < -0.4 is 16.3 Å². The number of halogens is 5. The van der Waals surface area contributed by atoms with Crippen LogP contribution in [-0.2, 0) is 11.2 Å². The molecule has 36 heavy (non-hydrogen) atoms. The molecule has 0 radical (unpaired) electrons. The van der Waals surface area contributed by atoms with Crippen LogP contribution in [0.1, 0.15) is 11.4 Å². The van der Waals surface area contributed by atoms with Crippen molar-refractivity contribution in [3.8, 4) is 16.9 Å². The molecule has 0 spiro atoms. The topological polar surface area (TPSA) is 143 Å². The third-order valence-electron chi connectivity index (χ3n) is 4.67. The van der Waals surface area contributed by atoms with Gasteiger partial charge in [-0.25, -0.2) is 24.2 Å². The van der Waals surface area contributed by atoms with Crippen LogP contribution in [-0.4, -0.2) is 62.6 Å². The Labute approximate surface area is 200 Å². The number of pyridine rings is 2. The zero-order valence-electron chi connectivity index (χ0n) is 19.3. The molecular weight excluding hydrogens is 493 g/mol. The summed E-state index contributed by atoms with van der Waals surface area (Å²) < 4.78 is 58.9. The zero-order chi connectivity index (χ0) is 27.2. The molecule has 0 unspecified atom stereocenters. The van der Waals surface area contributed by atoms with E-state index < -0.39 is 23.9 Å². The van der Waals surface area contributed by atoms with E-state index in [0.717, 1.165) is 16.9 Å². The standard InChI is InChI=1S/C19H21F2N7O.C2HF3O2/c1-11-6-14(10-24-17(11)12-4-5-15(23-9-12)27(2)3)28-16(25-26-19(28)29)7-13(8-22)18(20)21;3-2(4,5)1(6)7/h4-6,9-10H,7-8,22H2,1-3H3,(H,26,29);(H,6,7). The lowest BCUT2D eigenvalue weighted by Crippen LogP contribution is -2.21. The van der Waals surface area contributed by atoms with Crippen molar-refractivity contribution in [2.24, 2.45) is 5.73 Å². The lowest BCUT2D eigenvalue weighted by Gasteiger charge is -2.13. The molecule has 0 saturated heterocycles. The Morgan fingerprint density at radius 1 is 1.19 bits per heavy atom.